The van der Waals surface area contributed by atoms with Crippen LogP contribution in [0.2, 0.25) is 0 Å². The van der Waals surface area contributed by atoms with Crippen LogP contribution in [0, 0.1) is 0 Å². The molecule has 3 heterocycles. The van der Waals surface area contributed by atoms with E-state index in [2.05, 4.69) is 0 Å². The lowest BCUT2D eigenvalue weighted by atomic mass is 10.1. The average molecular weight is 452 g/mol. The zero-order valence-electron chi connectivity index (χ0n) is 19.2. The van der Waals surface area contributed by atoms with E-state index in [1.165, 1.54) is 0 Å². The summed E-state index contributed by atoms with van der Waals surface area (Å²) in [5.41, 5.74) is 1.46. The van der Waals surface area contributed by atoms with Crippen molar-refractivity contribution in [2.45, 2.75) is 39.4 Å². The van der Waals surface area contributed by atoms with Gasteiger partial charge in [-0.3, -0.25) is 9.59 Å². The second-order valence-corrected chi connectivity index (χ2v) is 8.20. The number of furan rings is 1. The van der Waals surface area contributed by atoms with Crippen molar-refractivity contribution in [1.29, 1.82) is 0 Å². The summed E-state index contributed by atoms with van der Waals surface area (Å²) in [5.74, 6) is 1.48. The Morgan fingerprint density at radius 1 is 1.09 bits per heavy atom. The van der Waals surface area contributed by atoms with Crippen molar-refractivity contribution in [3.63, 3.8) is 0 Å². The smallest absolute Gasteiger partial charge is 0.254 e. The van der Waals surface area contributed by atoms with Crippen LogP contribution in [0.4, 0.5) is 0 Å². The monoisotopic (exact) mass is 451 g/mol. The van der Waals surface area contributed by atoms with Crippen molar-refractivity contribution < 1.29 is 23.5 Å². The fourth-order valence-corrected chi connectivity index (χ4v) is 3.77. The van der Waals surface area contributed by atoms with Gasteiger partial charge in [-0.1, -0.05) is 6.92 Å². The SMILES string of the molecule is CCC(C)N(CC(=O)N(Cc1ccco1)Cc1cccn1C)C(=O)c1ccc2c(c1)OCO2. The molecular weight excluding hydrogens is 422 g/mol. The van der Waals surface area contributed by atoms with Crippen molar-refractivity contribution in [2.75, 3.05) is 13.3 Å². The van der Waals surface area contributed by atoms with Crippen molar-refractivity contribution in [3.8, 4) is 11.5 Å². The number of aromatic nitrogens is 1. The van der Waals surface area contributed by atoms with E-state index < -0.39 is 0 Å². The predicted octanol–water partition coefficient (Wildman–Crippen LogP) is 3.82. The zero-order valence-corrected chi connectivity index (χ0v) is 19.2. The Bertz CT molecular complexity index is 1110. The maximum Gasteiger partial charge on any atom is 0.254 e. The summed E-state index contributed by atoms with van der Waals surface area (Å²) in [6.07, 6.45) is 4.26. The molecule has 0 saturated heterocycles. The Balaban J connectivity index is 1.55. The molecule has 0 fully saturated rings. The summed E-state index contributed by atoms with van der Waals surface area (Å²) in [4.78, 5) is 30.3. The lowest BCUT2D eigenvalue weighted by Crippen LogP contribution is -2.46. The average Bonchev–Trinajstić information content (AvgIpc) is 3.58. The number of amides is 2. The maximum absolute atomic E-state index is 13.5. The van der Waals surface area contributed by atoms with E-state index in [-0.39, 0.29) is 31.2 Å². The number of carbonyl (C=O) groups is 2. The summed E-state index contributed by atoms with van der Waals surface area (Å²) in [6, 6.07) is 12.6. The molecule has 1 aliphatic rings. The van der Waals surface area contributed by atoms with E-state index in [0.29, 0.717) is 35.9 Å². The quantitative estimate of drug-likeness (QED) is 0.494. The third-order valence-corrected chi connectivity index (χ3v) is 5.99. The van der Waals surface area contributed by atoms with Crippen LogP contribution in [0.5, 0.6) is 11.5 Å². The Kier molecular flexibility index (Phi) is 6.72. The van der Waals surface area contributed by atoms with Gasteiger partial charge in [-0.15, -0.1) is 0 Å². The molecule has 2 aromatic heterocycles. The molecule has 3 aromatic rings. The van der Waals surface area contributed by atoms with Crippen LogP contribution >= 0.6 is 0 Å². The molecule has 0 spiro atoms. The molecule has 174 valence electrons. The summed E-state index contributed by atoms with van der Waals surface area (Å²) in [7, 11) is 1.94. The number of aryl methyl sites for hydroxylation is 1. The molecule has 1 aliphatic heterocycles. The van der Waals surface area contributed by atoms with Gasteiger partial charge in [0, 0.05) is 30.5 Å². The summed E-state index contributed by atoms with van der Waals surface area (Å²) < 4.78 is 18.2. The minimum absolute atomic E-state index is 0.0343. The van der Waals surface area contributed by atoms with Crippen molar-refractivity contribution in [1.82, 2.24) is 14.4 Å². The standard InChI is InChI=1S/C25H29N3O5/c1-4-18(2)28(25(30)19-9-10-22-23(13-19)33-17-32-22)16-24(29)27(15-21-8-6-12-31-21)14-20-7-5-11-26(20)3/h5-13,18H,4,14-17H2,1-3H3. The number of fused-ring (bicyclic) bond motifs is 1. The van der Waals surface area contributed by atoms with Crippen LogP contribution in [-0.4, -0.2) is 45.6 Å². The van der Waals surface area contributed by atoms with Gasteiger partial charge in [0.05, 0.1) is 19.4 Å². The molecule has 8 heteroatoms. The number of ether oxygens (including phenoxy) is 2. The van der Waals surface area contributed by atoms with Gasteiger partial charge < -0.3 is 28.3 Å². The van der Waals surface area contributed by atoms with Crippen LogP contribution in [0.3, 0.4) is 0 Å². The number of benzene rings is 1. The molecule has 8 nitrogen and oxygen atoms in total. The van der Waals surface area contributed by atoms with E-state index in [4.69, 9.17) is 13.9 Å². The van der Waals surface area contributed by atoms with Crippen LogP contribution in [-0.2, 0) is 24.9 Å². The number of rotatable bonds is 9. The second kappa shape index (κ2) is 9.85. The molecule has 0 aliphatic carbocycles. The molecule has 1 unspecified atom stereocenters. The molecule has 1 atom stereocenters. The highest BCUT2D eigenvalue weighted by molar-refractivity contribution is 5.97. The molecule has 0 radical (unpaired) electrons. The van der Waals surface area contributed by atoms with Gasteiger partial charge in [0.1, 0.15) is 12.3 Å². The fraction of sp³-hybridized carbons (Fsp3) is 0.360. The normalized spacial score (nSPS) is 13.1. The van der Waals surface area contributed by atoms with Gasteiger partial charge in [-0.25, -0.2) is 0 Å². The number of hydrogen-bond donors (Lipinski definition) is 0. The van der Waals surface area contributed by atoms with Crippen LogP contribution in [0.15, 0.2) is 59.3 Å². The molecule has 0 N–H and O–H groups in total. The summed E-state index contributed by atoms with van der Waals surface area (Å²) in [6.45, 7) is 4.79. The lowest BCUT2D eigenvalue weighted by Gasteiger charge is -2.31. The second-order valence-electron chi connectivity index (χ2n) is 8.20. The van der Waals surface area contributed by atoms with Gasteiger partial charge in [-0.2, -0.15) is 0 Å². The van der Waals surface area contributed by atoms with E-state index >= 15 is 0 Å². The molecule has 4 rings (SSSR count). The van der Waals surface area contributed by atoms with Crippen molar-refractivity contribution in [2.24, 2.45) is 7.05 Å². The third kappa shape index (κ3) is 5.05. The van der Waals surface area contributed by atoms with Crippen LogP contribution < -0.4 is 9.47 Å². The van der Waals surface area contributed by atoms with Crippen LogP contribution in [0.25, 0.3) is 0 Å². The molecule has 0 saturated carbocycles. The summed E-state index contributed by atoms with van der Waals surface area (Å²) >= 11 is 0. The van der Waals surface area contributed by atoms with E-state index in [9.17, 15) is 9.59 Å². The van der Waals surface area contributed by atoms with Gasteiger partial charge in [0.15, 0.2) is 11.5 Å². The highest BCUT2D eigenvalue weighted by atomic mass is 16.7. The third-order valence-electron chi connectivity index (χ3n) is 5.99. The zero-order chi connectivity index (χ0) is 23.4. The molecule has 33 heavy (non-hydrogen) atoms. The number of nitrogens with zero attached hydrogens (tertiary/aromatic N) is 3. The largest absolute Gasteiger partial charge is 0.467 e. The highest BCUT2D eigenvalue weighted by Gasteiger charge is 2.28. The number of hydrogen-bond acceptors (Lipinski definition) is 5. The Morgan fingerprint density at radius 2 is 1.91 bits per heavy atom. The lowest BCUT2D eigenvalue weighted by molar-refractivity contribution is -0.134. The topological polar surface area (TPSA) is 77.2 Å². The first-order valence-electron chi connectivity index (χ1n) is 11.1. The fourth-order valence-electron chi connectivity index (χ4n) is 3.77. The predicted molar refractivity (Wildman–Crippen MR) is 122 cm³/mol. The number of carbonyl (C=O) groups excluding carboxylic acids is 2. The van der Waals surface area contributed by atoms with Crippen molar-refractivity contribution >= 4 is 11.8 Å². The van der Waals surface area contributed by atoms with Gasteiger partial charge in [0.25, 0.3) is 5.91 Å². The van der Waals surface area contributed by atoms with Crippen molar-refractivity contribution in [3.05, 3.63) is 71.9 Å². The molecule has 0 bridgehead atoms. The minimum atomic E-state index is -0.215. The first-order chi connectivity index (χ1) is 16.0. The highest BCUT2D eigenvalue weighted by Crippen LogP contribution is 2.33. The maximum atomic E-state index is 13.5. The Hall–Kier alpha value is -3.68. The summed E-state index contributed by atoms with van der Waals surface area (Å²) in [5, 5.41) is 0. The molecule has 1 aromatic carbocycles. The van der Waals surface area contributed by atoms with Gasteiger partial charge in [-0.05, 0) is 55.8 Å². The van der Waals surface area contributed by atoms with E-state index in [1.54, 1.807) is 40.3 Å². The minimum Gasteiger partial charge on any atom is -0.467 e. The molecule has 2 amide bonds. The first kappa shape index (κ1) is 22.5. The van der Waals surface area contributed by atoms with Gasteiger partial charge >= 0.3 is 0 Å². The Morgan fingerprint density at radius 3 is 2.61 bits per heavy atom. The molecular formula is C25H29N3O5. The Labute approximate surface area is 193 Å². The van der Waals surface area contributed by atoms with Gasteiger partial charge in [0.2, 0.25) is 12.7 Å². The van der Waals surface area contributed by atoms with E-state index in [0.717, 1.165) is 12.1 Å². The first-order valence-corrected chi connectivity index (χ1v) is 11.1. The van der Waals surface area contributed by atoms with Crippen LogP contribution in [0.1, 0.15) is 42.1 Å². The van der Waals surface area contributed by atoms with E-state index in [1.807, 2.05) is 49.9 Å².